The molecule has 1 aliphatic heterocycles. The van der Waals surface area contributed by atoms with E-state index in [1.165, 1.54) is 17.9 Å². The number of ether oxygens (including phenoxy) is 2. The quantitative estimate of drug-likeness (QED) is 0.453. The van der Waals surface area contributed by atoms with Crippen molar-refractivity contribution in [1.82, 2.24) is 14.7 Å². The summed E-state index contributed by atoms with van der Waals surface area (Å²) in [6.45, 7) is 2.25. The molecule has 0 bridgehead atoms. The van der Waals surface area contributed by atoms with Crippen LogP contribution in [0, 0.1) is 5.82 Å². The maximum Gasteiger partial charge on any atom is 0.414 e. The zero-order chi connectivity index (χ0) is 24.1. The lowest BCUT2D eigenvalue weighted by molar-refractivity contribution is -0.119. The molecule has 0 aliphatic carbocycles. The van der Waals surface area contributed by atoms with Gasteiger partial charge < -0.3 is 19.2 Å². The average Bonchev–Trinajstić information content (AvgIpc) is 3.39. The number of pyridine rings is 1. The molecular weight excluding hydrogens is 446 g/mol. The Morgan fingerprint density at radius 2 is 2.12 bits per heavy atom. The third-order valence-corrected chi connectivity index (χ3v) is 5.45. The number of anilines is 1. The van der Waals surface area contributed by atoms with Crippen molar-refractivity contribution in [2.24, 2.45) is 0 Å². The number of hydrogen-bond donors (Lipinski definition) is 1. The Hall–Kier alpha value is -3.53. The molecule has 1 saturated heterocycles. The number of carbonyl (C=O) groups excluding carboxylic acids is 2. The van der Waals surface area contributed by atoms with Gasteiger partial charge >= 0.3 is 6.09 Å². The number of cyclic esters (lactones) is 1. The van der Waals surface area contributed by atoms with Crippen molar-refractivity contribution in [1.29, 1.82) is 0 Å². The van der Waals surface area contributed by atoms with Crippen molar-refractivity contribution in [3.8, 4) is 11.1 Å². The normalized spacial score (nSPS) is 15.7. The first-order valence-corrected chi connectivity index (χ1v) is 11.1. The van der Waals surface area contributed by atoms with Crippen LogP contribution in [0.15, 0.2) is 42.7 Å². The summed E-state index contributed by atoms with van der Waals surface area (Å²) in [4.78, 5) is 29.1. The second kappa shape index (κ2) is 10.6. The van der Waals surface area contributed by atoms with Crippen molar-refractivity contribution in [2.45, 2.75) is 32.5 Å². The predicted molar refractivity (Wildman–Crippen MR) is 122 cm³/mol. The van der Waals surface area contributed by atoms with Gasteiger partial charge in [0, 0.05) is 37.1 Å². The molecule has 3 aromatic rings. The first-order chi connectivity index (χ1) is 16.4. The number of halogens is 2. The average molecular weight is 472 g/mol. The van der Waals surface area contributed by atoms with Crippen LogP contribution in [-0.2, 0) is 20.9 Å². The van der Waals surface area contributed by atoms with Gasteiger partial charge in [-0.3, -0.25) is 14.1 Å². The monoisotopic (exact) mass is 472 g/mol. The highest BCUT2D eigenvalue weighted by atomic mass is 19.1. The van der Waals surface area contributed by atoms with Crippen LogP contribution in [0.25, 0.3) is 16.8 Å². The van der Waals surface area contributed by atoms with E-state index >= 15 is 4.39 Å². The maximum absolute atomic E-state index is 15.0. The van der Waals surface area contributed by atoms with E-state index in [2.05, 4.69) is 10.3 Å². The van der Waals surface area contributed by atoms with Gasteiger partial charge in [0.05, 0.1) is 37.8 Å². The molecule has 10 heteroatoms. The zero-order valence-corrected chi connectivity index (χ0v) is 18.8. The summed E-state index contributed by atoms with van der Waals surface area (Å²) >= 11 is 0. The standard InChI is InChI=1S/C24H26F2N4O4/c1-16(31)27-11-20-14-30(24(32)34-20)19-5-6-21(22(26)10-19)17-4-7-23-28-18(13-29(23)12-17)15-33-9-3-2-8-25/h4-7,10,12-13,20H,2-3,8-9,11,14-15H2,1H3,(H,27,31)/t20-/m0/s1. The topological polar surface area (TPSA) is 85.2 Å². The van der Waals surface area contributed by atoms with Crippen LogP contribution < -0.4 is 10.2 Å². The van der Waals surface area contributed by atoms with E-state index in [0.29, 0.717) is 48.5 Å². The van der Waals surface area contributed by atoms with Gasteiger partial charge in [-0.1, -0.05) is 0 Å². The lowest BCUT2D eigenvalue weighted by atomic mass is 10.1. The van der Waals surface area contributed by atoms with E-state index in [1.54, 1.807) is 34.9 Å². The smallest absolute Gasteiger partial charge is 0.414 e. The van der Waals surface area contributed by atoms with Gasteiger partial charge in [0.15, 0.2) is 0 Å². The number of imidazole rings is 1. The zero-order valence-electron chi connectivity index (χ0n) is 18.8. The highest BCUT2D eigenvalue weighted by Crippen LogP contribution is 2.29. The Morgan fingerprint density at radius 1 is 1.26 bits per heavy atom. The van der Waals surface area contributed by atoms with Crippen LogP contribution in [0.4, 0.5) is 19.3 Å². The Labute approximate surface area is 195 Å². The minimum absolute atomic E-state index is 0.202. The SMILES string of the molecule is CC(=O)NC[C@H]1CN(c2ccc(-c3ccc4nc(COCCCCF)cn4c3)c(F)c2)C(=O)O1. The lowest BCUT2D eigenvalue weighted by Crippen LogP contribution is -2.33. The van der Waals surface area contributed by atoms with Crippen LogP contribution in [0.1, 0.15) is 25.5 Å². The first-order valence-electron chi connectivity index (χ1n) is 11.1. The Kier molecular flexibility index (Phi) is 7.36. The van der Waals surface area contributed by atoms with Crippen LogP contribution in [0.2, 0.25) is 0 Å². The molecule has 0 spiro atoms. The number of fused-ring (bicyclic) bond motifs is 1. The van der Waals surface area contributed by atoms with Crippen molar-refractivity contribution in [2.75, 3.05) is 31.3 Å². The number of aromatic nitrogens is 2. The Morgan fingerprint density at radius 3 is 2.88 bits per heavy atom. The molecule has 8 nitrogen and oxygen atoms in total. The van der Waals surface area contributed by atoms with Gasteiger partial charge in [0.2, 0.25) is 5.91 Å². The highest BCUT2D eigenvalue weighted by Gasteiger charge is 2.32. The summed E-state index contributed by atoms with van der Waals surface area (Å²) in [5.74, 6) is -0.695. The van der Waals surface area contributed by atoms with E-state index in [4.69, 9.17) is 9.47 Å². The van der Waals surface area contributed by atoms with Crippen molar-refractivity contribution < 1.29 is 27.8 Å². The number of amides is 2. The predicted octanol–water partition coefficient (Wildman–Crippen LogP) is 3.87. The molecular formula is C24H26F2N4O4. The summed E-state index contributed by atoms with van der Waals surface area (Å²) in [5, 5.41) is 2.61. The number of hydrogen-bond acceptors (Lipinski definition) is 5. The van der Waals surface area contributed by atoms with Gasteiger partial charge in [-0.25, -0.2) is 14.2 Å². The van der Waals surface area contributed by atoms with E-state index < -0.39 is 18.0 Å². The van der Waals surface area contributed by atoms with Crippen molar-refractivity contribution in [3.05, 3.63) is 54.2 Å². The second-order valence-electron chi connectivity index (χ2n) is 8.08. The number of benzene rings is 1. The third kappa shape index (κ3) is 5.51. The number of unbranched alkanes of at least 4 members (excludes halogenated alkanes) is 1. The van der Waals surface area contributed by atoms with Gasteiger partial charge in [-0.2, -0.15) is 0 Å². The maximum atomic E-state index is 15.0. The molecule has 1 aliphatic rings. The number of carbonyl (C=O) groups is 2. The van der Waals surface area contributed by atoms with Crippen molar-refractivity contribution in [3.63, 3.8) is 0 Å². The first kappa shape index (κ1) is 23.6. The number of alkyl halides is 1. The van der Waals surface area contributed by atoms with E-state index in [-0.39, 0.29) is 25.7 Å². The van der Waals surface area contributed by atoms with Gasteiger partial charge in [0.1, 0.15) is 17.6 Å². The van der Waals surface area contributed by atoms with Crippen molar-refractivity contribution >= 4 is 23.3 Å². The minimum Gasteiger partial charge on any atom is -0.442 e. The van der Waals surface area contributed by atoms with E-state index in [1.807, 2.05) is 6.20 Å². The molecule has 1 atom stereocenters. The molecule has 1 N–H and O–H groups in total. The molecule has 0 unspecified atom stereocenters. The van der Waals surface area contributed by atoms with Crippen LogP contribution >= 0.6 is 0 Å². The summed E-state index contributed by atoms with van der Waals surface area (Å²) in [5.41, 5.74) is 2.85. The fraction of sp³-hybridized carbons (Fsp3) is 0.375. The largest absolute Gasteiger partial charge is 0.442 e. The fourth-order valence-corrected chi connectivity index (χ4v) is 3.75. The lowest BCUT2D eigenvalue weighted by Gasteiger charge is -2.14. The molecule has 1 aromatic carbocycles. The molecule has 3 heterocycles. The Bertz CT molecular complexity index is 1180. The molecule has 2 amide bonds. The molecule has 0 saturated carbocycles. The molecule has 2 aromatic heterocycles. The van der Waals surface area contributed by atoms with E-state index in [9.17, 15) is 14.0 Å². The van der Waals surface area contributed by atoms with Gasteiger partial charge in [0.25, 0.3) is 0 Å². The van der Waals surface area contributed by atoms with Crippen LogP contribution in [0.5, 0.6) is 0 Å². The second-order valence-corrected chi connectivity index (χ2v) is 8.08. The summed E-state index contributed by atoms with van der Waals surface area (Å²) in [6, 6.07) is 8.15. The van der Waals surface area contributed by atoms with E-state index in [0.717, 1.165) is 5.69 Å². The van der Waals surface area contributed by atoms with Gasteiger partial charge in [-0.05, 0) is 43.2 Å². The molecule has 34 heavy (non-hydrogen) atoms. The minimum atomic E-state index is -0.582. The number of rotatable bonds is 10. The molecule has 180 valence electrons. The van der Waals surface area contributed by atoms with Crippen LogP contribution in [-0.4, -0.2) is 53.9 Å². The number of nitrogens with one attached hydrogen (secondary N) is 1. The molecule has 0 radical (unpaired) electrons. The Balaban J connectivity index is 1.45. The molecule has 4 rings (SSSR count). The highest BCUT2D eigenvalue weighted by molar-refractivity contribution is 5.90. The summed E-state index contributed by atoms with van der Waals surface area (Å²) in [7, 11) is 0. The van der Waals surface area contributed by atoms with Gasteiger partial charge in [-0.15, -0.1) is 0 Å². The fourth-order valence-electron chi connectivity index (χ4n) is 3.75. The van der Waals surface area contributed by atoms with Crippen LogP contribution in [0.3, 0.4) is 0 Å². The summed E-state index contributed by atoms with van der Waals surface area (Å²) in [6.07, 6.45) is 3.66. The summed E-state index contributed by atoms with van der Waals surface area (Å²) < 4.78 is 39.7. The third-order valence-electron chi connectivity index (χ3n) is 5.45. The molecule has 1 fully saturated rings. The number of nitrogens with zero attached hydrogens (tertiary/aromatic N) is 3.